The van der Waals surface area contributed by atoms with Crippen LogP contribution in [0.15, 0.2) is 54.6 Å². The van der Waals surface area contributed by atoms with Crippen LogP contribution in [0.1, 0.15) is 34.3 Å². The standard InChI is InChI=1S/C23H20O4/c1-15-9-12-21(23-19(15)7-4-8-20(23)24)27-22(25)14-26-18-11-10-16-5-2-3-6-17(16)13-18/h2-3,5-6,9-13H,4,7-8,14H2,1H3. The maximum atomic E-state index is 12.3. The summed E-state index contributed by atoms with van der Waals surface area (Å²) in [6, 6.07) is 17.2. The number of carbonyl (C=O) groups excluding carboxylic acids is 2. The Balaban J connectivity index is 1.47. The van der Waals surface area contributed by atoms with Gasteiger partial charge in [-0.3, -0.25) is 4.79 Å². The number of aryl methyl sites for hydroxylation is 1. The van der Waals surface area contributed by atoms with Gasteiger partial charge in [0, 0.05) is 6.42 Å². The molecule has 0 heterocycles. The van der Waals surface area contributed by atoms with Crippen LogP contribution in [0.5, 0.6) is 11.5 Å². The van der Waals surface area contributed by atoms with Gasteiger partial charge in [-0.2, -0.15) is 0 Å². The molecular weight excluding hydrogens is 340 g/mol. The number of hydrogen-bond donors (Lipinski definition) is 0. The molecule has 0 saturated carbocycles. The van der Waals surface area contributed by atoms with Gasteiger partial charge in [0.25, 0.3) is 0 Å². The van der Waals surface area contributed by atoms with E-state index >= 15 is 0 Å². The van der Waals surface area contributed by atoms with Crippen molar-refractivity contribution in [3.05, 3.63) is 71.3 Å². The highest BCUT2D eigenvalue weighted by Crippen LogP contribution is 2.32. The molecule has 4 heteroatoms. The summed E-state index contributed by atoms with van der Waals surface area (Å²) in [5, 5.41) is 2.15. The molecule has 3 aromatic rings. The molecule has 0 aromatic heterocycles. The van der Waals surface area contributed by atoms with Gasteiger partial charge >= 0.3 is 5.97 Å². The number of ether oxygens (including phenoxy) is 2. The molecule has 4 rings (SSSR count). The predicted octanol–water partition coefficient (Wildman–Crippen LogP) is 4.65. The summed E-state index contributed by atoms with van der Waals surface area (Å²) in [4.78, 5) is 24.6. The van der Waals surface area contributed by atoms with E-state index < -0.39 is 5.97 Å². The highest BCUT2D eigenvalue weighted by molar-refractivity contribution is 6.02. The molecule has 0 fully saturated rings. The highest BCUT2D eigenvalue weighted by atomic mass is 16.6. The quantitative estimate of drug-likeness (QED) is 0.502. The van der Waals surface area contributed by atoms with E-state index in [4.69, 9.17) is 9.47 Å². The lowest BCUT2D eigenvalue weighted by Gasteiger charge is -2.20. The van der Waals surface area contributed by atoms with Gasteiger partial charge in [0.15, 0.2) is 12.4 Å². The van der Waals surface area contributed by atoms with Crippen LogP contribution in [0.2, 0.25) is 0 Å². The molecule has 0 atom stereocenters. The van der Waals surface area contributed by atoms with Crippen LogP contribution in [-0.2, 0) is 11.2 Å². The number of carbonyl (C=O) groups is 2. The lowest BCUT2D eigenvalue weighted by Crippen LogP contribution is -2.21. The topological polar surface area (TPSA) is 52.6 Å². The molecule has 1 aliphatic carbocycles. The fourth-order valence-corrected chi connectivity index (χ4v) is 3.55. The van der Waals surface area contributed by atoms with E-state index in [0.29, 0.717) is 23.5 Å². The third-order valence-corrected chi connectivity index (χ3v) is 4.92. The zero-order valence-electron chi connectivity index (χ0n) is 15.2. The van der Waals surface area contributed by atoms with Gasteiger partial charge in [-0.25, -0.2) is 4.79 Å². The van der Waals surface area contributed by atoms with Crippen LogP contribution in [0.4, 0.5) is 0 Å². The van der Waals surface area contributed by atoms with Crippen molar-refractivity contribution >= 4 is 22.5 Å². The lowest BCUT2D eigenvalue weighted by atomic mass is 9.87. The van der Waals surface area contributed by atoms with E-state index in [-0.39, 0.29) is 12.4 Å². The van der Waals surface area contributed by atoms with Crippen LogP contribution in [-0.4, -0.2) is 18.4 Å². The van der Waals surface area contributed by atoms with E-state index in [0.717, 1.165) is 34.7 Å². The minimum absolute atomic E-state index is 0.0400. The maximum Gasteiger partial charge on any atom is 0.349 e. The smallest absolute Gasteiger partial charge is 0.349 e. The molecule has 27 heavy (non-hydrogen) atoms. The Bertz CT molecular complexity index is 1040. The first-order valence-electron chi connectivity index (χ1n) is 9.10. The van der Waals surface area contributed by atoms with Crippen LogP contribution < -0.4 is 9.47 Å². The summed E-state index contributed by atoms with van der Waals surface area (Å²) >= 11 is 0. The Morgan fingerprint density at radius 1 is 1.00 bits per heavy atom. The lowest BCUT2D eigenvalue weighted by molar-refractivity contribution is -0.136. The van der Waals surface area contributed by atoms with Gasteiger partial charge in [-0.1, -0.05) is 36.4 Å². The summed E-state index contributed by atoms with van der Waals surface area (Å²) in [5.41, 5.74) is 2.61. The first-order chi connectivity index (χ1) is 13.1. The Labute approximate surface area is 157 Å². The second kappa shape index (κ2) is 7.23. The van der Waals surface area contributed by atoms with E-state index in [9.17, 15) is 9.59 Å². The molecule has 4 nitrogen and oxygen atoms in total. The molecule has 0 unspecified atom stereocenters. The Morgan fingerprint density at radius 3 is 2.67 bits per heavy atom. The fraction of sp³-hybridized carbons (Fsp3) is 0.217. The van der Waals surface area contributed by atoms with Crippen LogP contribution in [0, 0.1) is 6.92 Å². The van der Waals surface area contributed by atoms with Gasteiger partial charge in [-0.05, 0) is 59.9 Å². The van der Waals surface area contributed by atoms with Gasteiger partial charge < -0.3 is 9.47 Å². The van der Waals surface area contributed by atoms with Gasteiger partial charge in [0.05, 0.1) is 5.56 Å². The highest BCUT2D eigenvalue weighted by Gasteiger charge is 2.24. The number of Topliss-reactive ketones (excluding diaryl/α,β-unsaturated/α-hetero) is 1. The average molecular weight is 360 g/mol. The summed E-state index contributed by atoms with van der Waals surface area (Å²) in [6.07, 6.45) is 2.18. The molecule has 0 aliphatic heterocycles. The van der Waals surface area contributed by atoms with Crippen molar-refractivity contribution < 1.29 is 19.1 Å². The first kappa shape index (κ1) is 17.3. The minimum Gasteiger partial charge on any atom is -0.482 e. The fourth-order valence-electron chi connectivity index (χ4n) is 3.55. The second-order valence-electron chi connectivity index (χ2n) is 6.78. The summed E-state index contributed by atoms with van der Waals surface area (Å²) < 4.78 is 11.0. The van der Waals surface area contributed by atoms with E-state index in [1.807, 2.05) is 55.5 Å². The van der Waals surface area contributed by atoms with Crippen molar-refractivity contribution in [2.45, 2.75) is 26.2 Å². The summed E-state index contributed by atoms with van der Waals surface area (Å²) in [6.45, 7) is 1.76. The van der Waals surface area contributed by atoms with Crippen LogP contribution >= 0.6 is 0 Å². The number of benzene rings is 3. The zero-order chi connectivity index (χ0) is 18.8. The molecule has 1 aliphatic rings. The summed E-state index contributed by atoms with van der Waals surface area (Å²) in [7, 11) is 0. The molecule has 0 radical (unpaired) electrons. The first-order valence-corrected chi connectivity index (χ1v) is 9.10. The minimum atomic E-state index is -0.521. The Kier molecular flexibility index (Phi) is 4.63. The Hall–Kier alpha value is -3.14. The molecule has 0 amide bonds. The average Bonchev–Trinajstić information content (AvgIpc) is 2.68. The third kappa shape index (κ3) is 3.56. The molecule has 0 bridgehead atoms. The van der Waals surface area contributed by atoms with Crippen molar-refractivity contribution in [2.24, 2.45) is 0 Å². The molecule has 0 saturated heterocycles. The monoisotopic (exact) mass is 360 g/mol. The van der Waals surface area contributed by atoms with Crippen molar-refractivity contribution in [1.29, 1.82) is 0 Å². The largest absolute Gasteiger partial charge is 0.482 e. The van der Waals surface area contributed by atoms with E-state index in [1.165, 1.54) is 0 Å². The normalized spacial score (nSPS) is 13.3. The maximum absolute atomic E-state index is 12.3. The van der Waals surface area contributed by atoms with E-state index in [2.05, 4.69) is 0 Å². The van der Waals surface area contributed by atoms with Crippen molar-refractivity contribution in [3.8, 4) is 11.5 Å². The van der Waals surface area contributed by atoms with Crippen molar-refractivity contribution in [3.63, 3.8) is 0 Å². The Morgan fingerprint density at radius 2 is 1.81 bits per heavy atom. The van der Waals surface area contributed by atoms with Gasteiger partial charge in [0.2, 0.25) is 0 Å². The predicted molar refractivity (Wildman–Crippen MR) is 104 cm³/mol. The molecule has 0 spiro atoms. The van der Waals surface area contributed by atoms with Crippen molar-refractivity contribution in [1.82, 2.24) is 0 Å². The molecular formula is C23H20O4. The van der Waals surface area contributed by atoms with Crippen LogP contribution in [0.3, 0.4) is 0 Å². The van der Waals surface area contributed by atoms with Gasteiger partial charge in [-0.15, -0.1) is 0 Å². The number of rotatable bonds is 4. The third-order valence-electron chi connectivity index (χ3n) is 4.92. The molecule has 3 aromatic carbocycles. The number of esters is 1. The second-order valence-corrected chi connectivity index (χ2v) is 6.78. The number of hydrogen-bond acceptors (Lipinski definition) is 4. The number of fused-ring (bicyclic) bond motifs is 2. The summed E-state index contributed by atoms with van der Waals surface area (Å²) in [5.74, 6) is 0.464. The van der Waals surface area contributed by atoms with E-state index in [1.54, 1.807) is 6.07 Å². The molecule has 0 N–H and O–H groups in total. The number of ketones is 1. The SMILES string of the molecule is Cc1ccc(OC(=O)COc2ccc3ccccc3c2)c2c1CCCC2=O. The van der Waals surface area contributed by atoms with Crippen molar-refractivity contribution in [2.75, 3.05) is 6.61 Å². The molecule has 136 valence electrons. The van der Waals surface area contributed by atoms with Crippen LogP contribution in [0.25, 0.3) is 10.8 Å². The van der Waals surface area contributed by atoms with Gasteiger partial charge in [0.1, 0.15) is 11.5 Å². The zero-order valence-corrected chi connectivity index (χ0v) is 15.2.